The van der Waals surface area contributed by atoms with E-state index in [1.54, 1.807) is 11.3 Å². The van der Waals surface area contributed by atoms with Gasteiger partial charge in [-0.05, 0) is 43.2 Å². The van der Waals surface area contributed by atoms with Gasteiger partial charge in [0, 0.05) is 54.4 Å². The number of nitrogens with zero attached hydrogens (tertiary/aromatic N) is 3. The van der Waals surface area contributed by atoms with E-state index < -0.39 is 0 Å². The van der Waals surface area contributed by atoms with Gasteiger partial charge in [0.1, 0.15) is 5.65 Å². The van der Waals surface area contributed by atoms with Crippen LogP contribution >= 0.6 is 11.3 Å². The van der Waals surface area contributed by atoms with Crippen LogP contribution in [0.25, 0.3) is 16.6 Å². The van der Waals surface area contributed by atoms with Crippen LogP contribution in [0.5, 0.6) is 0 Å². The summed E-state index contributed by atoms with van der Waals surface area (Å²) in [4.78, 5) is 15.6. The molecule has 158 valence electrons. The zero-order chi connectivity index (χ0) is 21.4. The molecular formula is C24H25N5OS. The maximum absolute atomic E-state index is 6.35. The summed E-state index contributed by atoms with van der Waals surface area (Å²) in [5.74, 6) is 0. The van der Waals surface area contributed by atoms with Gasteiger partial charge in [-0.25, -0.2) is 4.98 Å². The first kappa shape index (κ1) is 19.8. The summed E-state index contributed by atoms with van der Waals surface area (Å²) < 4.78 is 6.35. The topological polar surface area (TPSA) is 66.1 Å². The van der Waals surface area contributed by atoms with Gasteiger partial charge in [0.05, 0.1) is 22.7 Å². The van der Waals surface area contributed by atoms with E-state index in [1.807, 2.05) is 17.9 Å². The molecule has 0 saturated heterocycles. The molecule has 0 fully saturated rings. The molecule has 5 rings (SSSR count). The predicted molar refractivity (Wildman–Crippen MR) is 126 cm³/mol. The smallest absolute Gasteiger partial charge is 0.171 e. The lowest BCUT2D eigenvalue weighted by Crippen LogP contribution is -2.26. The maximum Gasteiger partial charge on any atom is 0.171 e. The van der Waals surface area contributed by atoms with Crippen molar-refractivity contribution in [1.29, 1.82) is 0 Å². The van der Waals surface area contributed by atoms with Crippen molar-refractivity contribution in [2.24, 2.45) is 0 Å². The molecule has 0 spiro atoms. The van der Waals surface area contributed by atoms with Crippen molar-refractivity contribution < 1.29 is 4.74 Å². The van der Waals surface area contributed by atoms with E-state index in [4.69, 9.17) is 4.74 Å². The van der Waals surface area contributed by atoms with Crippen LogP contribution in [0.1, 0.15) is 40.4 Å². The number of pyridine rings is 1. The summed E-state index contributed by atoms with van der Waals surface area (Å²) >= 11 is 1.61. The van der Waals surface area contributed by atoms with Crippen molar-refractivity contribution in [2.75, 3.05) is 18.9 Å². The monoisotopic (exact) mass is 431 g/mol. The fourth-order valence-electron chi connectivity index (χ4n) is 4.10. The van der Waals surface area contributed by atoms with Crippen LogP contribution in [0.15, 0.2) is 54.4 Å². The molecule has 3 aromatic heterocycles. The van der Waals surface area contributed by atoms with E-state index in [9.17, 15) is 0 Å². The molecule has 1 aliphatic heterocycles. The van der Waals surface area contributed by atoms with Crippen molar-refractivity contribution in [3.63, 3.8) is 0 Å². The van der Waals surface area contributed by atoms with Gasteiger partial charge in [-0.15, -0.1) is 11.3 Å². The van der Waals surface area contributed by atoms with Crippen LogP contribution in [-0.2, 0) is 11.3 Å². The molecule has 0 amide bonds. The number of benzene rings is 1. The lowest BCUT2D eigenvalue weighted by Gasteiger charge is -2.32. The Morgan fingerprint density at radius 2 is 2.16 bits per heavy atom. The van der Waals surface area contributed by atoms with Crippen molar-refractivity contribution in [2.45, 2.75) is 26.7 Å². The maximum atomic E-state index is 6.35. The second-order valence-electron chi connectivity index (χ2n) is 7.77. The number of H-pyrrole nitrogens is 1. The van der Waals surface area contributed by atoms with Gasteiger partial charge in [0.2, 0.25) is 0 Å². The highest BCUT2D eigenvalue weighted by Crippen LogP contribution is 2.42. The molecule has 31 heavy (non-hydrogen) atoms. The predicted octanol–water partition coefficient (Wildman–Crippen LogP) is 5.31. The average molecular weight is 432 g/mol. The van der Waals surface area contributed by atoms with E-state index in [-0.39, 0.29) is 6.23 Å². The third kappa shape index (κ3) is 3.71. The van der Waals surface area contributed by atoms with Gasteiger partial charge in [-0.3, -0.25) is 4.98 Å². The van der Waals surface area contributed by atoms with Crippen molar-refractivity contribution in [3.8, 4) is 0 Å². The van der Waals surface area contributed by atoms with Gasteiger partial charge < -0.3 is 19.9 Å². The fourth-order valence-corrected chi connectivity index (χ4v) is 4.62. The Labute approximate surface area is 185 Å². The van der Waals surface area contributed by atoms with E-state index in [0.29, 0.717) is 6.61 Å². The number of hydrogen-bond acceptors (Lipinski definition) is 6. The molecule has 1 unspecified atom stereocenters. The third-order valence-corrected chi connectivity index (χ3v) is 6.21. The van der Waals surface area contributed by atoms with Gasteiger partial charge >= 0.3 is 0 Å². The number of ether oxygens (including phenoxy) is 1. The second-order valence-corrected chi connectivity index (χ2v) is 8.74. The van der Waals surface area contributed by atoms with Crippen molar-refractivity contribution in [1.82, 2.24) is 19.9 Å². The van der Waals surface area contributed by atoms with Gasteiger partial charge in [0.15, 0.2) is 6.23 Å². The summed E-state index contributed by atoms with van der Waals surface area (Å²) in [6.07, 6.45) is 5.71. The molecule has 6 nitrogen and oxygen atoms in total. The van der Waals surface area contributed by atoms with Crippen LogP contribution in [0.2, 0.25) is 0 Å². The number of rotatable bonds is 6. The molecule has 7 heteroatoms. The molecule has 4 heterocycles. The highest BCUT2D eigenvalue weighted by molar-refractivity contribution is 7.09. The van der Waals surface area contributed by atoms with Gasteiger partial charge in [0.25, 0.3) is 0 Å². The van der Waals surface area contributed by atoms with E-state index in [0.717, 1.165) is 56.1 Å². The number of aryl methyl sites for hydroxylation is 1. The van der Waals surface area contributed by atoms with Crippen LogP contribution in [0.4, 0.5) is 5.69 Å². The van der Waals surface area contributed by atoms with Crippen molar-refractivity contribution in [3.05, 3.63) is 81.7 Å². The van der Waals surface area contributed by atoms with Crippen LogP contribution < -0.4 is 5.32 Å². The van der Waals surface area contributed by atoms with Crippen LogP contribution in [0.3, 0.4) is 0 Å². The normalized spacial score (nSPS) is 15.8. The Kier molecular flexibility index (Phi) is 5.21. The average Bonchev–Trinajstić information content (AvgIpc) is 3.41. The Hall–Kier alpha value is -3.16. The highest BCUT2D eigenvalue weighted by Gasteiger charge is 2.31. The molecule has 0 bridgehead atoms. The first-order chi connectivity index (χ1) is 15.1. The SMILES string of the molecule is CCNc1cccc(C2=CN(C)C(OCc3cncs3)c3[nH]c4ncc(C)cc4c32)c1. The van der Waals surface area contributed by atoms with Crippen molar-refractivity contribution >= 4 is 33.6 Å². The molecule has 2 N–H and O–H groups in total. The Balaban J connectivity index is 1.62. The number of aromatic amines is 1. The minimum atomic E-state index is -0.229. The first-order valence-electron chi connectivity index (χ1n) is 10.4. The number of thiazole rings is 1. The zero-order valence-electron chi connectivity index (χ0n) is 17.8. The number of anilines is 1. The lowest BCUT2D eigenvalue weighted by molar-refractivity contribution is -0.0420. The summed E-state index contributed by atoms with van der Waals surface area (Å²) in [6.45, 7) is 5.59. The zero-order valence-corrected chi connectivity index (χ0v) is 18.7. The van der Waals surface area contributed by atoms with Crippen LogP contribution in [0, 0.1) is 6.92 Å². The molecule has 4 aromatic rings. The van der Waals surface area contributed by atoms with E-state index in [2.05, 4.69) is 82.6 Å². The summed E-state index contributed by atoms with van der Waals surface area (Å²) in [7, 11) is 2.05. The van der Waals surface area contributed by atoms with E-state index >= 15 is 0 Å². The molecule has 0 aliphatic carbocycles. The quantitative estimate of drug-likeness (QED) is 0.433. The van der Waals surface area contributed by atoms with Gasteiger partial charge in [-0.2, -0.15) is 0 Å². The molecule has 1 aliphatic rings. The highest BCUT2D eigenvalue weighted by atomic mass is 32.1. The van der Waals surface area contributed by atoms with E-state index in [1.165, 1.54) is 0 Å². The fraction of sp³-hybridized carbons (Fsp3) is 0.250. The minimum absolute atomic E-state index is 0.229. The molecule has 0 radical (unpaired) electrons. The molecule has 0 saturated carbocycles. The molecular weight excluding hydrogens is 406 g/mol. The number of nitrogens with one attached hydrogen (secondary N) is 2. The Morgan fingerprint density at radius 1 is 1.26 bits per heavy atom. The Morgan fingerprint density at radius 3 is 2.97 bits per heavy atom. The van der Waals surface area contributed by atoms with Gasteiger partial charge in [-0.1, -0.05) is 12.1 Å². The Bertz CT molecular complexity index is 1240. The largest absolute Gasteiger partial charge is 0.385 e. The molecule has 1 aromatic carbocycles. The summed E-state index contributed by atoms with van der Waals surface area (Å²) in [5, 5.41) is 4.54. The first-order valence-corrected chi connectivity index (χ1v) is 11.3. The molecule has 1 atom stereocenters. The number of fused-ring (bicyclic) bond motifs is 3. The minimum Gasteiger partial charge on any atom is -0.385 e. The standard InChI is InChI=1S/C24H25N5OS/c1-4-26-17-7-5-6-16(9-17)20-12-29(3)24(30-13-18-11-25-14-31-18)22-21(20)19-8-15(2)10-27-23(19)28-22/h5-12,14,24,26H,4,13H2,1-3H3,(H,27,28). The lowest BCUT2D eigenvalue weighted by atomic mass is 9.93. The summed E-state index contributed by atoms with van der Waals surface area (Å²) in [5.41, 5.74) is 9.48. The summed E-state index contributed by atoms with van der Waals surface area (Å²) in [6, 6.07) is 10.8. The third-order valence-electron chi connectivity index (χ3n) is 5.46. The number of aromatic nitrogens is 3. The number of hydrogen-bond donors (Lipinski definition) is 2. The van der Waals surface area contributed by atoms with Crippen LogP contribution in [-0.4, -0.2) is 33.4 Å². The second kappa shape index (κ2) is 8.17.